The van der Waals surface area contributed by atoms with Crippen LogP contribution in [0.3, 0.4) is 0 Å². The molecule has 0 unspecified atom stereocenters. The van der Waals surface area contributed by atoms with Gasteiger partial charge < -0.3 is 10.6 Å². The van der Waals surface area contributed by atoms with E-state index in [4.69, 9.17) is 11.6 Å². The second-order valence-corrected chi connectivity index (χ2v) is 5.32. The van der Waals surface area contributed by atoms with E-state index in [2.05, 4.69) is 20.6 Å². The van der Waals surface area contributed by atoms with Gasteiger partial charge in [-0.05, 0) is 42.0 Å². The number of hydrogen-bond acceptors (Lipinski definition) is 4. The molecular weight excluding hydrogens is 315 g/mol. The highest BCUT2D eigenvalue weighted by molar-refractivity contribution is 6.30. The number of benzene rings is 2. The highest BCUT2D eigenvalue weighted by Gasteiger charge is 2.01. The number of hydrogen-bond donors (Lipinski definition) is 2. The van der Waals surface area contributed by atoms with Crippen LogP contribution >= 0.6 is 11.6 Å². The maximum atomic E-state index is 12.9. The molecule has 116 valence electrons. The Morgan fingerprint density at radius 3 is 2.65 bits per heavy atom. The highest BCUT2D eigenvalue weighted by Crippen LogP contribution is 2.18. The standard InChI is InChI=1S/C17H14ClFN4/c18-13-2-1-3-15(10-13)22-17-20-9-8-16(23-17)21-11-12-4-6-14(19)7-5-12/h1-10H,11H2,(H2,20,21,22,23). The van der Waals surface area contributed by atoms with Gasteiger partial charge in [-0.2, -0.15) is 4.98 Å². The van der Waals surface area contributed by atoms with Gasteiger partial charge in [0.2, 0.25) is 5.95 Å². The summed E-state index contributed by atoms with van der Waals surface area (Å²) in [5.74, 6) is 0.897. The van der Waals surface area contributed by atoms with E-state index in [0.29, 0.717) is 23.3 Å². The minimum Gasteiger partial charge on any atom is -0.366 e. The first-order chi connectivity index (χ1) is 11.2. The molecule has 0 saturated heterocycles. The Balaban J connectivity index is 1.66. The Morgan fingerprint density at radius 2 is 1.87 bits per heavy atom. The summed E-state index contributed by atoms with van der Waals surface area (Å²) in [5, 5.41) is 6.91. The molecule has 6 heteroatoms. The van der Waals surface area contributed by atoms with Crippen LogP contribution in [0.2, 0.25) is 5.02 Å². The molecule has 0 aliphatic rings. The van der Waals surface area contributed by atoms with Gasteiger partial charge in [0.25, 0.3) is 0 Å². The Labute approximate surface area is 138 Å². The molecule has 0 amide bonds. The fourth-order valence-corrected chi connectivity index (χ4v) is 2.20. The normalized spacial score (nSPS) is 10.3. The summed E-state index contributed by atoms with van der Waals surface area (Å²) in [5.41, 5.74) is 1.78. The van der Waals surface area contributed by atoms with Gasteiger partial charge in [-0.3, -0.25) is 0 Å². The SMILES string of the molecule is Fc1ccc(CNc2ccnc(Nc3cccc(Cl)c3)n2)cc1. The Morgan fingerprint density at radius 1 is 1.04 bits per heavy atom. The summed E-state index contributed by atoms with van der Waals surface area (Å²) in [7, 11) is 0. The number of nitrogens with zero attached hydrogens (tertiary/aromatic N) is 2. The lowest BCUT2D eigenvalue weighted by molar-refractivity contribution is 0.627. The molecule has 3 aromatic rings. The lowest BCUT2D eigenvalue weighted by Crippen LogP contribution is -2.04. The quantitative estimate of drug-likeness (QED) is 0.717. The van der Waals surface area contributed by atoms with Crippen LogP contribution < -0.4 is 10.6 Å². The van der Waals surface area contributed by atoms with Crippen molar-refractivity contribution in [2.24, 2.45) is 0 Å². The molecular formula is C17H14ClFN4. The maximum absolute atomic E-state index is 12.9. The van der Waals surface area contributed by atoms with Crippen molar-refractivity contribution >= 4 is 29.1 Å². The van der Waals surface area contributed by atoms with Crippen molar-refractivity contribution in [2.45, 2.75) is 6.54 Å². The van der Waals surface area contributed by atoms with Crippen LogP contribution in [0.1, 0.15) is 5.56 Å². The second-order valence-electron chi connectivity index (χ2n) is 4.88. The summed E-state index contributed by atoms with van der Waals surface area (Å²) in [6.07, 6.45) is 1.66. The summed E-state index contributed by atoms with van der Waals surface area (Å²) in [6.45, 7) is 0.550. The number of halogens is 2. The second kappa shape index (κ2) is 7.07. The fraction of sp³-hybridized carbons (Fsp3) is 0.0588. The van der Waals surface area contributed by atoms with E-state index in [1.54, 1.807) is 36.5 Å². The van der Waals surface area contributed by atoms with Gasteiger partial charge in [-0.15, -0.1) is 0 Å². The van der Waals surface area contributed by atoms with E-state index in [-0.39, 0.29) is 5.82 Å². The number of anilines is 3. The fourth-order valence-electron chi connectivity index (χ4n) is 2.01. The molecule has 0 atom stereocenters. The summed E-state index contributed by atoms with van der Waals surface area (Å²) >= 11 is 5.95. The third-order valence-electron chi connectivity index (χ3n) is 3.12. The topological polar surface area (TPSA) is 49.8 Å². The van der Waals surface area contributed by atoms with Gasteiger partial charge in [0, 0.05) is 23.5 Å². The summed E-state index contributed by atoms with van der Waals surface area (Å²) in [4.78, 5) is 8.56. The predicted octanol–water partition coefficient (Wildman–Crippen LogP) is 4.62. The maximum Gasteiger partial charge on any atom is 0.229 e. The molecule has 0 aliphatic heterocycles. The zero-order chi connectivity index (χ0) is 16.1. The molecule has 0 spiro atoms. The van der Waals surface area contributed by atoms with Crippen molar-refractivity contribution in [3.05, 3.63) is 77.2 Å². The van der Waals surface area contributed by atoms with Crippen LogP contribution in [0.15, 0.2) is 60.8 Å². The van der Waals surface area contributed by atoms with Crippen molar-refractivity contribution in [1.82, 2.24) is 9.97 Å². The van der Waals surface area contributed by atoms with E-state index in [1.807, 2.05) is 12.1 Å². The molecule has 23 heavy (non-hydrogen) atoms. The van der Waals surface area contributed by atoms with Crippen molar-refractivity contribution in [2.75, 3.05) is 10.6 Å². The van der Waals surface area contributed by atoms with Crippen LogP contribution in [-0.4, -0.2) is 9.97 Å². The van der Waals surface area contributed by atoms with Gasteiger partial charge in [0.15, 0.2) is 0 Å². The van der Waals surface area contributed by atoms with E-state index in [9.17, 15) is 4.39 Å². The minimum atomic E-state index is -0.246. The van der Waals surface area contributed by atoms with Crippen LogP contribution in [0, 0.1) is 5.82 Å². The van der Waals surface area contributed by atoms with Crippen molar-refractivity contribution in [3.63, 3.8) is 0 Å². The lowest BCUT2D eigenvalue weighted by atomic mass is 10.2. The Kier molecular flexibility index (Phi) is 4.68. The van der Waals surface area contributed by atoms with Gasteiger partial charge in [-0.25, -0.2) is 9.37 Å². The molecule has 1 aromatic heterocycles. The van der Waals surface area contributed by atoms with E-state index >= 15 is 0 Å². The first-order valence-electron chi connectivity index (χ1n) is 7.03. The average Bonchev–Trinajstić information content (AvgIpc) is 2.55. The predicted molar refractivity (Wildman–Crippen MR) is 90.5 cm³/mol. The van der Waals surface area contributed by atoms with Crippen LogP contribution in [-0.2, 0) is 6.54 Å². The largest absolute Gasteiger partial charge is 0.366 e. The first kappa shape index (κ1) is 15.2. The van der Waals surface area contributed by atoms with Crippen molar-refractivity contribution in [3.8, 4) is 0 Å². The highest BCUT2D eigenvalue weighted by atomic mass is 35.5. The molecule has 2 aromatic carbocycles. The van der Waals surface area contributed by atoms with E-state index < -0.39 is 0 Å². The van der Waals surface area contributed by atoms with E-state index in [1.165, 1.54) is 12.1 Å². The van der Waals surface area contributed by atoms with Crippen LogP contribution in [0.25, 0.3) is 0 Å². The monoisotopic (exact) mass is 328 g/mol. The van der Waals surface area contributed by atoms with Gasteiger partial charge in [0.1, 0.15) is 11.6 Å². The Hall–Kier alpha value is -2.66. The van der Waals surface area contributed by atoms with Gasteiger partial charge >= 0.3 is 0 Å². The minimum absolute atomic E-state index is 0.246. The molecule has 1 heterocycles. The zero-order valence-corrected chi connectivity index (χ0v) is 12.9. The van der Waals surface area contributed by atoms with Crippen LogP contribution in [0.4, 0.5) is 21.8 Å². The molecule has 0 aliphatic carbocycles. The smallest absolute Gasteiger partial charge is 0.229 e. The summed E-state index contributed by atoms with van der Waals surface area (Å²) in [6, 6.07) is 15.4. The molecule has 0 fully saturated rings. The van der Waals surface area contributed by atoms with Crippen molar-refractivity contribution in [1.29, 1.82) is 0 Å². The number of aromatic nitrogens is 2. The third kappa shape index (κ3) is 4.40. The average molecular weight is 329 g/mol. The summed E-state index contributed by atoms with van der Waals surface area (Å²) < 4.78 is 12.9. The molecule has 0 radical (unpaired) electrons. The van der Waals surface area contributed by atoms with E-state index in [0.717, 1.165) is 11.3 Å². The molecule has 2 N–H and O–H groups in total. The van der Waals surface area contributed by atoms with Crippen molar-refractivity contribution < 1.29 is 4.39 Å². The van der Waals surface area contributed by atoms with Crippen LogP contribution in [0.5, 0.6) is 0 Å². The number of nitrogens with one attached hydrogen (secondary N) is 2. The number of rotatable bonds is 5. The first-order valence-corrected chi connectivity index (χ1v) is 7.41. The molecule has 4 nitrogen and oxygen atoms in total. The Bertz CT molecular complexity index is 793. The third-order valence-corrected chi connectivity index (χ3v) is 3.36. The molecule has 3 rings (SSSR count). The molecule has 0 saturated carbocycles. The zero-order valence-electron chi connectivity index (χ0n) is 12.1. The molecule has 0 bridgehead atoms. The lowest BCUT2D eigenvalue weighted by Gasteiger charge is -2.08. The van der Waals surface area contributed by atoms with Gasteiger partial charge in [0.05, 0.1) is 0 Å². The van der Waals surface area contributed by atoms with Gasteiger partial charge in [-0.1, -0.05) is 29.8 Å².